The maximum Gasteiger partial charge on any atom is 0.335 e. The van der Waals surface area contributed by atoms with E-state index in [1.807, 2.05) is 12.1 Å². The van der Waals surface area contributed by atoms with Crippen molar-refractivity contribution in [2.45, 2.75) is 13.1 Å². The monoisotopic (exact) mass is 515 g/mol. The highest BCUT2D eigenvalue weighted by Crippen LogP contribution is 2.26. The number of nitrogens with zero attached hydrogens (tertiary/aromatic N) is 4. The first-order chi connectivity index (χ1) is 18.5. The lowest BCUT2D eigenvalue weighted by atomic mass is 10.2. The molecule has 194 valence electrons. The third-order valence-corrected chi connectivity index (χ3v) is 6.20. The Balaban J connectivity index is 1.58. The number of hydrogen-bond acceptors (Lipinski definition) is 7. The van der Waals surface area contributed by atoms with Crippen LogP contribution in [0.1, 0.15) is 11.1 Å². The van der Waals surface area contributed by atoms with Crippen molar-refractivity contribution in [1.29, 1.82) is 0 Å². The Labute approximate surface area is 218 Å². The molecule has 2 aromatic heterocycles. The number of aromatic nitrogens is 4. The van der Waals surface area contributed by atoms with E-state index in [1.54, 1.807) is 76.1 Å². The lowest BCUT2D eigenvalue weighted by Crippen LogP contribution is -2.24. The van der Waals surface area contributed by atoms with Crippen molar-refractivity contribution in [3.8, 4) is 22.9 Å². The minimum atomic E-state index is -0.394. The van der Waals surface area contributed by atoms with Crippen molar-refractivity contribution < 1.29 is 18.6 Å². The lowest BCUT2D eigenvalue weighted by molar-refractivity contribution is 0.391. The van der Waals surface area contributed by atoms with Gasteiger partial charge < -0.3 is 19.5 Å². The number of halogens is 1. The van der Waals surface area contributed by atoms with Crippen molar-refractivity contribution in [3.05, 3.63) is 100 Å². The second-order valence-electron chi connectivity index (χ2n) is 8.43. The molecule has 0 radical (unpaired) electrons. The molecular weight excluding hydrogens is 489 g/mol. The average Bonchev–Trinajstić information content (AvgIpc) is 3.23. The lowest BCUT2D eigenvalue weighted by Gasteiger charge is -2.11. The van der Waals surface area contributed by atoms with Gasteiger partial charge in [-0.1, -0.05) is 24.3 Å². The summed E-state index contributed by atoms with van der Waals surface area (Å²) >= 11 is 0. The zero-order chi connectivity index (χ0) is 26.6. The largest absolute Gasteiger partial charge is 0.497 e. The molecule has 0 fully saturated rings. The second kappa shape index (κ2) is 10.6. The number of benzene rings is 3. The Morgan fingerprint density at radius 1 is 0.895 bits per heavy atom. The topological polar surface area (TPSA) is 92.4 Å². The van der Waals surface area contributed by atoms with Gasteiger partial charge in [-0.15, -0.1) is 0 Å². The van der Waals surface area contributed by atoms with Crippen LogP contribution < -0.4 is 25.2 Å². The van der Waals surface area contributed by atoms with Gasteiger partial charge in [-0.25, -0.2) is 18.7 Å². The number of methoxy groups -OCH3 is 3. The summed E-state index contributed by atoms with van der Waals surface area (Å²) in [6.45, 7) is 0.399. The van der Waals surface area contributed by atoms with Gasteiger partial charge in [0.15, 0.2) is 5.65 Å². The highest BCUT2D eigenvalue weighted by atomic mass is 19.1. The molecule has 1 N–H and O–H groups in total. The van der Waals surface area contributed by atoms with Crippen molar-refractivity contribution in [1.82, 2.24) is 19.1 Å². The van der Waals surface area contributed by atoms with E-state index in [4.69, 9.17) is 14.2 Å². The van der Waals surface area contributed by atoms with E-state index in [-0.39, 0.29) is 12.2 Å². The predicted molar refractivity (Wildman–Crippen MR) is 142 cm³/mol. The Morgan fingerprint density at radius 3 is 2.45 bits per heavy atom. The number of imidazole rings is 1. The molecule has 3 aromatic carbocycles. The third kappa shape index (κ3) is 4.75. The number of anilines is 1. The van der Waals surface area contributed by atoms with Gasteiger partial charge in [0.2, 0.25) is 5.95 Å². The summed E-state index contributed by atoms with van der Waals surface area (Å²) in [6, 6.07) is 19.0. The van der Waals surface area contributed by atoms with E-state index in [0.717, 1.165) is 5.56 Å². The SMILES string of the molecule is COc1cccc(-n2c(=O)n(Cc3ccccc3F)c3cnc(NCc4ccc(OC)cc4OC)nc32)c1. The van der Waals surface area contributed by atoms with Gasteiger partial charge in [-0.2, -0.15) is 4.98 Å². The fourth-order valence-electron chi connectivity index (χ4n) is 4.23. The molecule has 0 atom stereocenters. The molecule has 0 aliphatic rings. The van der Waals surface area contributed by atoms with Crippen LogP contribution in [0.5, 0.6) is 17.2 Å². The van der Waals surface area contributed by atoms with Gasteiger partial charge in [0.1, 0.15) is 28.6 Å². The fourth-order valence-corrected chi connectivity index (χ4v) is 4.23. The number of rotatable bonds is 9. The molecule has 5 rings (SSSR count). The first-order valence-corrected chi connectivity index (χ1v) is 11.8. The van der Waals surface area contributed by atoms with Crippen LogP contribution in [-0.4, -0.2) is 40.4 Å². The molecule has 0 saturated carbocycles. The Hall–Kier alpha value is -4.86. The third-order valence-electron chi connectivity index (χ3n) is 6.20. The maximum atomic E-state index is 14.5. The van der Waals surface area contributed by atoms with E-state index in [9.17, 15) is 9.18 Å². The summed E-state index contributed by atoms with van der Waals surface area (Å²) in [5, 5.41) is 3.20. The van der Waals surface area contributed by atoms with Crippen LogP contribution in [0.3, 0.4) is 0 Å². The van der Waals surface area contributed by atoms with Gasteiger partial charge in [0, 0.05) is 29.8 Å². The summed E-state index contributed by atoms with van der Waals surface area (Å²) < 4.78 is 33.5. The molecule has 5 aromatic rings. The molecule has 9 nitrogen and oxygen atoms in total. The summed E-state index contributed by atoms with van der Waals surface area (Å²) in [4.78, 5) is 22.8. The van der Waals surface area contributed by atoms with Crippen molar-refractivity contribution in [3.63, 3.8) is 0 Å². The van der Waals surface area contributed by atoms with Gasteiger partial charge in [0.05, 0.1) is 39.8 Å². The van der Waals surface area contributed by atoms with E-state index in [0.29, 0.717) is 52.2 Å². The normalized spacial score (nSPS) is 10.9. The van der Waals surface area contributed by atoms with Crippen LogP contribution in [0, 0.1) is 5.82 Å². The van der Waals surface area contributed by atoms with Crippen LogP contribution in [0.2, 0.25) is 0 Å². The minimum Gasteiger partial charge on any atom is -0.497 e. The standard InChI is InChI=1S/C28H26FN5O4/c1-36-21-9-6-8-20(13-21)34-26-24(33(28(34)35)17-19-7-4-5-10-23(19)29)16-31-27(32-26)30-15-18-11-12-22(37-2)14-25(18)38-3/h4-14,16H,15,17H2,1-3H3,(H,30,31,32). The average molecular weight is 516 g/mol. The highest BCUT2D eigenvalue weighted by molar-refractivity contribution is 5.74. The second-order valence-corrected chi connectivity index (χ2v) is 8.43. The summed E-state index contributed by atoms with van der Waals surface area (Å²) in [7, 11) is 4.74. The predicted octanol–water partition coefficient (Wildman–Crippen LogP) is 4.41. The van der Waals surface area contributed by atoms with Gasteiger partial charge in [0.25, 0.3) is 0 Å². The number of fused-ring (bicyclic) bond motifs is 1. The Morgan fingerprint density at radius 2 is 1.68 bits per heavy atom. The quantitative estimate of drug-likeness (QED) is 0.311. The molecule has 38 heavy (non-hydrogen) atoms. The molecule has 10 heteroatoms. The summed E-state index contributed by atoms with van der Waals surface area (Å²) in [5.41, 5.74) is 2.28. The molecular formula is C28H26FN5O4. The van der Waals surface area contributed by atoms with Gasteiger partial charge in [-0.3, -0.25) is 4.57 Å². The highest BCUT2D eigenvalue weighted by Gasteiger charge is 2.19. The van der Waals surface area contributed by atoms with Crippen LogP contribution in [0.25, 0.3) is 16.9 Å². The minimum absolute atomic E-state index is 0.0259. The fraction of sp³-hybridized carbons (Fsp3) is 0.179. The molecule has 0 bridgehead atoms. The molecule has 2 heterocycles. The van der Waals surface area contributed by atoms with Crippen LogP contribution in [-0.2, 0) is 13.1 Å². The zero-order valence-corrected chi connectivity index (χ0v) is 21.1. The summed E-state index contributed by atoms with van der Waals surface area (Å²) in [5.74, 6) is 1.84. The first-order valence-electron chi connectivity index (χ1n) is 11.8. The molecule has 0 saturated heterocycles. The molecule has 0 amide bonds. The number of ether oxygens (including phenoxy) is 3. The van der Waals surface area contributed by atoms with Crippen molar-refractivity contribution in [2.24, 2.45) is 0 Å². The number of nitrogens with one attached hydrogen (secondary N) is 1. The Kier molecular flexibility index (Phi) is 6.94. The van der Waals surface area contributed by atoms with E-state index in [1.165, 1.54) is 15.2 Å². The van der Waals surface area contributed by atoms with Crippen LogP contribution >= 0.6 is 0 Å². The molecule has 0 aliphatic heterocycles. The first kappa shape index (κ1) is 24.8. The van der Waals surface area contributed by atoms with Crippen molar-refractivity contribution >= 4 is 17.1 Å². The van der Waals surface area contributed by atoms with Gasteiger partial charge in [-0.05, 0) is 30.3 Å². The molecule has 0 unspecified atom stereocenters. The number of hydrogen-bond donors (Lipinski definition) is 1. The Bertz CT molecular complexity index is 1660. The van der Waals surface area contributed by atoms with E-state index < -0.39 is 5.82 Å². The van der Waals surface area contributed by atoms with Crippen LogP contribution in [0.4, 0.5) is 10.3 Å². The molecule has 0 spiro atoms. The molecule has 0 aliphatic carbocycles. The van der Waals surface area contributed by atoms with E-state index >= 15 is 0 Å². The summed E-state index contributed by atoms with van der Waals surface area (Å²) in [6.07, 6.45) is 1.56. The van der Waals surface area contributed by atoms with Crippen molar-refractivity contribution in [2.75, 3.05) is 26.6 Å². The van der Waals surface area contributed by atoms with Gasteiger partial charge >= 0.3 is 5.69 Å². The van der Waals surface area contributed by atoms with Crippen LogP contribution in [0.15, 0.2) is 77.7 Å². The van der Waals surface area contributed by atoms with E-state index in [2.05, 4.69) is 15.3 Å². The maximum absolute atomic E-state index is 14.5. The zero-order valence-electron chi connectivity index (χ0n) is 21.1. The smallest absolute Gasteiger partial charge is 0.335 e.